The predicted molar refractivity (Wildman–Crippen MR) is 84.3 cm³/mol. The number of amides is 1. The van der Waals surface area contributed by atoms with Gasteiger partial charge in [0, 0.05) is 31.0 Å². The lowest BCUT2D eigenvalue weighted by Crippen LogP contribution is -2.39. The van der Waals surface area contributed by atoms with Crippen LogP contribution in [0.3, 0.4) is 0 Å². The van der Waals surface area contributed by atoms with Crippen molar-refractivity contribution in [3.8, 4) is 0 Å². The molecule has 4 heteroatoms. The van der Waals surface area contributed by atoms with Gasteiger partial charge in [0.15, 0.2) is 0 Å². The fourth-order valence-electron chi connectivity index (χ4n) is 3.02. The summed E-state index contributed by atoms with van der Waals surface area (Å²) in [5, 5.41) is 10.5. The van der Waals surface area contributed by atoms with E-state index in [0.29, 0.717) is 18.7 Å². The van der Waals surface area contributed by atoms with Gasteiger partial charge in [0.2, 0.25) is 0 Å². The van der Waals surface area contributed by atoms with Crippen LogP contribution in [-0.2, 0) is 0 Å². The van der Waals surface area contributed by atoms with E-state index in [1.54, 1.807) is 24.5 Å². The first-order chi connectivity index (χ1) is 10.8. The summed E-state index contributed by atoms with van der Waals surface area (Å²) < 4.78 is 0. The first kappa shape index (κ1) is 14.7. The number of carbonyl (C=O) groups is 1. The van der Waals surface area contributed by atoms with Crippen LogP contribution in [0.2, 0.25) is 0 Å². The Kier molecular flexibility index (Phi) is 4.49. The molecule has 1 saturated heterocycles. The highest BCUT2D eigenvalue weighted by atomic mass is 16.3. The van der Waals surface area contributed by atoms with Crippen LogP contribution < -0.4 is 0 Å². The van der Waals surface area contributed by atoms with E-state index in [4.69, 9.17) is 0 Å². The number of hydrogen-bond donors (Lipinski definition) is 1. The van der Waals surface area contributed by atoms with Crippen molar-refractivity contribution in [3.05, 3.63) is 66.0 Å². The van der Waals surface area contributed by atoms with Crippen LogP contribution in [0.25, 0.3) is 0 Å². The van der Waals surface area contributed by atoms with E-state index in [2.05, 4.69) is 4.98 Å². The number of hydrogen-bond acceptors (Lipinski definition) is 3. The summed E-state index contributed by atoms with van der Waals surface area (Å²) in [5.74, 6) is 0.263. The molecule has 0 bridgehead atoms. The Morgan fingerprint density at radius 2 is 1.73 bits per heavy atom. The maximum Gasteiger partial charge on any atom is 0.253 e. The van der Waals surface area contributed by atoms with E-state index in [1.807, 2.05) is 35.2 Å². The van der Waals surface area contributed by atoms with Crippen molar-refractivity contribution in [1.29, 1.82) is 0 Å². The van der Waals surface area contributed by atoms with E-state index in [9.17, 15) is 9.90 Å². The van der Waals surface area contributed by atoms with Crippen molar-refractivity contribution >= 4 is 5.91 Å². The average molecular weight is 296 g/mol. The highest BCUT2D eigenvalue weighted by molar-refractivity contribution is 5.94. The molecule has 2 aromatic rings. The lowest BCUT2D eigenvalue weighted by Gasteiger charge is -2.34. The smallest absolute Gasteiger partial charge is 0.253 e. The summed E-state index contributed by atoms with van der Waals surface area (Å²) in [6, 6.07) is 13.2. The molecule has 1 atom stereocenters. The second-order valence-electron chi connectivity index (χ2n) is 5.72. The molecule has 1 amide bonds. The Bertz CT molecular complexity index is 607. The summed E-state index contributed by atoms with van der Waals surface area (Å²) in [6.45, 7) is 1.38. The predicted octanol–water partition coefficient (Wildman–Crippen LogP) is 2.67. The molecule has 4 nitrogen and oxygen atoms in total. The Morgan fingerprint density at radius 1 is 1.09 bits per heavy atom. The van der Waals surface area contributed by atoms with Gasteiger partial charge in [-0.15, -0.1) is 0 Å². The number of likely N-dealkylation sites (tertiary alicyclic amines) is 1. The molecule has 0 spiro atoms. The number of aliphatic hydroxyl groups excluding tert-OH is 1. The summed E-state index contributed by atoms with van der Waals surface area (Å²) in [7, 11) is 0. The second-order valence-corrected chi connectivity index (χ2v) is 5.72. The summed E-state index contributed by atoms with van der Waals surface area (Å²) in [5.41, 5.74) is 1.64. The normalized spacial score (nSPS) is 17.2. The average Bonchev–Trinajstić information content (AvgIpc) is 2.62. The minimum Gasteiger partial charge on any atom is -0.388 e. The second kappa shape index (κ2) is 6.71. The van der Waals surface area contributed by atoms with Gasteiger partial charge in [0.1, 0.15) is 0 Å². The van der Waals surface area contributed by atoms with Crippen molar-refractivity contribution in [2.45, 2.75) is 18.9 Å². The minimum atomic E-state index is -0.445. The molecule has 1 unspecified atom stereocenters. The molecule has 2 heterocycles. The number of aliphatic hydroxyl groups is 1. The molecule has 22 heavy (non-hydrogen) atoms. The van der Waals surface area contributed by atoms with Gasteiger partial charge < -0.3 is 10.0 Å². The SMILES string of the molecule is O=C(c1ccncc1)N1CCC(C(O)c2ccccc2)CC1. The fourth-order valence-corrected chi connectivity index (χ4v) is 3.02. The van der Waals surface area contributed by atoms with Crippen LogP contribution in [0.15, 0.2) is 54.9 Å². The largest absolute Gasteiger partial charge is 0.388 e. The molecular formula is C18H20N2O2. The number of aromatic nitrogens is 1. The van der Waals surface area contributed by atoms with Gasteiger partial charge in [-0.3, -0.25) is 9.78 Å². The Morgan fingerprint density at radius 3 is 2.36 bits per heavy atom. The van der Waals surface area contributed by atoms with E-state index in [0.717, 1.165) is 18.4 Å². The van der Waals surface area contributed by atoms with Crippen molar-refractivity contribution in [2.24, 2.45) is 5.92 Å². The zero-order valence-electron chi connectivity index (χ0n) is 12.4. The Hall–Kier alpha value is -2.20. The topological polar surface area (TPSA) is 53.4 Å². The lowest BCUT2D eigenvalue weighted by molar-refractivity contribution is 0.0462. The van der Waals surface area contributed by atoms with Gasteiger partial charge in [0.25, 0.3) is 5.91 Å². The third-order valence-electron chi connectivity index (χ3n) is 4.34. The molecule has 3 rings (SSSR count). The van der Waals surface area contributed by atoms with E-state index >= 15 is 0 Å². The molecule has 0 aliphatic carbocycles. The Labute approximate surface area is 130 Å². The van der Waals surface area contributed by atoms with Crippen LogP contribution in [-0.4, -0.2) is 34.0 Å². The molecule has 1 fully saturated rings. The standard InChI is InChI=1S/C18H20N2O2/c21-17(14-4-2-1-3-5-14)15-8-12-20(13-9-15)18(22)16-6-10-19-11-7-16/h1-7,10-11,15,17,21H,8-9,12-13H2. The number of nitrogens with zero attached hydrogens (tertiary/aromatic N) is 2. The van der Waals surface area contributed by atoms with Crippen molar-refractivity contribution < 1.29 is 9.90 Å². The van der Waals surface area contributed by atoms with Crippen LogP contribution in [0.5, 0.6) is 0 Å². The maximum absolute atomic E-state index is 12.4. The van der Waals surface area contributed by atoms with Crippen LogP contribution in [0.1, 0.15) is 34.9 Å². The molecule has 1 aromatic carbocycles. The molecule has 1 aliphatic rings. The van der Waals surface area contributed by atoms with Gasteiger partial charge in [0.05, 0.1) is 6.10 Å². The number of carbonyl (C=O) groups excluding carboxylic acids is 1. The number of piperidine rings is 1. The quantitative estimate of drug-likeness (QED) is 0.947. The molecule has 1 aliphatic heterocycles. The van der Waals surface area contributed by atoms with Crippen molar-refractivity contribution in [1.82, 2.24) is 9.88 Å². The molecule has 1 aromatic heterocycles. The zero-order valence-corrected chi connectivity index (χ0v) is 12.4. The van der Waals surface area contributed by atoms with Crippen molar-refractivity contribution in [2.75, 3.05) is 13.1 Å². The zero-order chi connectivity index (χ0) is 15.4. The maximum atomic E-state index is 12.4. The first-order valence-corrected chi connectivity index (χ1v) is 7.68. The number of benzene rings is 1. The van der Waals surface area contributed by atoms with Crippen LogP contribution in [0, 0.1) is 5.92 Å². The summed E-state index contributed by atoms with van der Waals surface area (Å²) in [6.07, 6.45) is 4.48. The first-order valence-electron chi connectivity index (χ1n) is 7.68. The van der Waals surface area contributed by atoms with Gasteiger partial charge in [-0.05, 0) is 36.5 Å². The number of rotatable bonds is 3. The van der Waals surface area contributed by atoms with Gasteiger partial charge >= 0.3 is 0 Å². The molecule has 0 radical (unpaired) electrons. The van der Waals surface area contributed by atoms with Crippen molar-refractivity contribution in [3.63, 3.8) is 0 Å². The molecule has 0 saturated carbocycles. The van der Waals surface area contributed by atoms with Gasteiger partial charge in [-0.1, -0.05) is 30.3 Å². The third-order valence-corrected chi connectivity index (χ3v) is 4.34. The third kappa shape index (κ3) is 3.17. The van der Waals surface area contributed by atoms with Crippen LogP contribution >= 0.6 is 0 Å². The highest BCUT2D eigenvalue weighted by Gasteiger charge is 2.28. The fraction of sp³-hybridized carbons (Fsp3) is 0.333. The van der Waals surface area contributed by atoms with Gasteiger partial charge in [-0.25, -0.2) is 0 Å². The minimum absolute atomic E-state index is 0.0510. The molecule has 114 valence electrons. The van der Waals surface area contributed by atoms with Gasteiger partial charge in [-0.2, -0.15) is 0 Å². The molecule has 1 N–H and O–H groups in total. The highest BCUT2D eigenvalue weighted by Crippen LogP contribution is 2.30. The summed E-state index contributed by atoms with van der Waals surface area (Å²) in [4.78, 5) is 18.2. The van der Waals surface area contributed by atoms with E-state index in [-0.39, 0.29) is 11.8 Å². The monoisotopic (exact) mass is 296 g/mol. The van der Waals surface area contributed by atoms with Crippen LogP contribution in [0.4, 0.5) is 0 Å². The molecular weight excluding hydrogens is 276 g/mol. The van der Waals surface area contributed by atoms with E-state index in [1.165, 1.54) is 0 Å². The lowest BCUT2D eigenvalue weighted by atomic mass is 9.87. The Balaban J connectivity index is 1.60. The summed E-state index contributed by atoms with van der Waals surface area (Å²) >= 11 is 0. The number of pyridine rings is 1. The van der Waals surface area contributed by atoms with E-state index < -0.39 is 6.10 Å².